The van der Waals surface area contributed by atoms with Crippen LogP contribution < -0.4 is 19.7 Å². The molecule has 2 aromatic carbocycles. The van der Waals surface area contributed by atoms with Gasteiger partial charge in [0.25, 0.3) is 5.91 Å². The predicted octanol–water partition coefficient (Wildman–Crippen LogP) is 4.92. The van der Waals surface area contributed by atoms with E-state index in [1.165, 1.54) is 6.26 Å². The molecule has 0 spiro atoms. The van der Waals surface area contributed by atoms with Crippen LogP contribution in [0.4, 0.5) is 11.4 Å². The lowest BCUT2D eigenvalue weighted by Gasteiger charge is -2.31. The third-order valence-electron chi connectivity index (χ3n) is 6.33. The van der Waals surface area contributed by atoms with Gasteiger partial charge >= 0.3 is 5.97 Å². The predicted molar refractivity (Wildman–Crippen MR) is 150 cm³/mol. The summed E-state index contributed by atoms with van der Waals surface area (Å²) in [5.41, 5.74) is 2.68. The summed E-state index contributed by atoms with van der Waals surface area (Å²) in [5, 5.41) is 3.42. The number of pyridine rings is 1. The summed E-state index contributed by atoms with van der Waals surface area (Å²) in [4.78, 5) is 32.8. The first-order chi connectivity index (χ1) is 19.6. The van der Waals surface area contributed by atoms with Crippen molar-refractivity contribution in [2.75, 3.05) is 56.3 Å². The zero-order valence-corrected chi connectivity index (χ0v) is 22.5. The lowest BCUT2D eigenvalue weighted by atomic mass is 10.1. The van der Waals surface area contributed by atoms with Gasteiger partial charge < -0.3 is 33.6 Å². The van der Waals surface area contributed by atoms with E-state index in [2.05, 4.69) is 15.2 Å². The van der Waals surface area contributed by atoms with Crippen LogP contribution in [0.2, 0.25) is 0 Å². The number of anilines is 2. The summed E-state index contributed by atoms with van der Waals surface area (Å²) in [6.07, 6.45) is 1.54. The lowest BCUT2D eigenvalue weighted by Crippen LogP contribution is -2.36. The number of furan rings is 1. The lowest BCUT2D eigenvalue weighted by molar-refractivity contribution is -0.119. The highest BCUT2D eigenvalue weighted by Crippen LogP contribution is 2.39. The smallest absolute Gasteiger partial charge is 0.339 e. The van der Waals surface area contributed by atoms with Crippen LogP contribution in [0.5, 0.6) is 11.5 Å². The monoisotopic (exact) mass is 545 g/mol. The number of hydrogen-bond acceptors (Lipinski definition) is 9. The number of ether oxygens (including phenoxy) is 4. The van der Waals surface area contributed by atoms with Crippen LogP contribution in [-0.4, -0.2) is 63.0 Å². The summed E-state index contributed by atoms with van der Waals surface area (Å²) >= 11 is 0. The molecule has 4 aromatic rings. The average molecular weight is 546 g/mol. The summed E-state index contributed by atoms with van der Waals surface area (Å²) in [6.45, 7) is 6.82. The van der Waals surface area contributed by atoms with E-state index in [0.717, 1.165) is 18.8 Å². The van der Waals surface area contributed by atoms with E-state index in [4.69, 9.17) is 23.4 Å². The van der Waals surface area contributed by atoms with Gasteiger partial charge in [0.15, 0.2) is 12.4 Å². The van der Waals surface area contributed by atoms with Crippen molar-refractivity contribution in [3.8, 4) is 23.0 Å². The molecule has 1 aliphatic heterocycles. The highest BCUT2D eigenvalue weighted by atomic mass is 16.5. The molecular formula is C30H31N3O7. The van der Waals surface area contributed by atoms with E-state index in [0.29, 0.717) is 66.0 Å². The van der Waals surface area contributed by atoms with Crippen molar-refractivity contribution in [2.45, 2.75) is 13.8 Å². The Bertz CT molecular complexity index is 1480. The normalized spacial score (nSPS) is 13.2. The number of para-hydroxylation sites is 1. The summed E-state index contributed by atoms with van der Waals surface area (Å²) in [6, 6.07) is 15.9. The topological polar surface area (TPSA) is 112 Å². The highest BCUT2D eigenvalue weighted by molar-refractivity contribution is 6.05. The molecule has 1 N–H and O–H groups in total. The number of amides is 1. The third-order valence-corrected chi connectivity index (χ3v) is 6.33. The Hall–Kier alpha value is -4.57. The fraction of sp³-hybridized carbons (Fsp3) is 0.300. The molecule has 3 heterocycles. The zero-order valence-electron chi connectivity index (χ0n) is 22.5. The van der Waals surface area contributed by atoms with Crippen LogP contribution in [-0.2, 0) is 14.3 Å². The third kappa shape index (κ3) is 6.02. The molecular weight excluding hydrogens is 514 g/mol. The van der Waals surface area contributed by atoms with Gasteiger partial charge in [-0.25, -0.2) is 9.78 Å². The standard InChI is InChI=1S/C30H31N3O7/c1-3-37-27-18-25(33-11-14-36-15-12-33)28(38-4-2)17-24(27)32-29(34)19-40-30(35)21-16-23(26-10-7-13-39-26)31-22-9-6-5-8-20(21)22/h5-10,13,16-18H,3-4,11-12,14-15,19H2,1-2H3,(H,32,34). The van der Waals surface area contributed by atoms with Crippen LogP contribution in [0.25, 0.3) is 22.4 Å². The highest BCUT2D eigenvalue weighted by Gasteiger charge is 2.22. The molecule has 1 amide bonds. The number of nitrogens with one attached hydrogen (secondary N) is 1. The van der Waals surface area contributed by atoms with Crippen molar-refractivity contribution >= 4 is 34.2 Å². The van der Waals surface area contributed by atoms with Crippen molar-refractivity contribution in [1.82, 2.24) is 4.98 Å². The number of nitrogens with zero attached hydrogens (tertiary/aromatic N) is 2. The number of benzene rings is 2. The average Bonchev–Trinajstić information content (AvgIpc) is 3.52. The second kappa shape index (κ2) is 12.5. The number of morpholine rings is 1. The van der Waals surface area contributed by atoms with Crippen LogP contribution in [0.15, 0.2) is 65.3 Å². The molecule has 1 saturated heterocycles. The van der Waals surface area contributed by atoms with Gasteiger partial charge in [0, 0.05) is 30.6 Å². The maximum Gasteiger partial charge on any atom is 0.339 e. The van der Waals surface area contributed by atoms with E-state index in [1.807, 2.05) is 32.0 Å². The number of carbonyl (C=O) groups is 2. The second-order valence-corrected chi connectivity index (χ2v) is 8.96. The van der Waals surface area contributed by atoms with Gasteiger partial charge in [0.05, 0.1) is 55.1 Å². The molecule has 208 valence electrons. The Morgan fingerprint density at radius 2 is 1.75 bits per heavy atom. The molecule has 0 radical (unpaired) electrons. The zero-order chi connectivity index (χ0) is 27.9. The van der Waals surface area contributed by atoms with Gasteiger partial charge in [-0.2, -0.15) is 0 Å². The molecule has 2 aromatic heterocycles. The van der Waals surface area contributed by atoms with Gasteiger partial charge in [-0.05, 0) is 38.1 Å². The minimum Gasteiger partial charge on any atom is -0.492 e. The molecule has 0 bridgehead atoms. The SMILES string of the molecule is CCOc1cc(N2CCOCC2)c(OCC)cc1NC(=O)COC(=O)c1cc(-c2ccco2)nc2ccccc12. The molecule has 5 rings (SSSR count). The minimum atomic E-state index is -0.649. The Kier molecular flexibility index (Phi) is 8.46. The maximum absolute atomic E-state index is 13.1. The first-order valence-corrected chi connectivity index (χ1v) is 13.2. The fourth-order valence-corrected chi connectivity index (χ4v) is 4.53. The number of aromatic nitrogens is 1. The number of rotatable bonds is 10. The number of hydrogen-bond donors (Lipinski definition) is 1. The van der Waals surface area contributed by atoms with Gasteiger partial charge in [-0.15, -0.1) is 0 Å². The van der Waals surface area contributed by atoms with Crippen molar-refractivity contribution in [1.29, 1.82) is 0 Å². The molecule has 0 saturated carbocycles. The van der Waals surface area contributed by atoms with Crippen LogP contribution in [0.1, 0.15) is 24.2 Å². The van der Waals surface area contributed by atoms with Crippen molar-refractivity contribution < 1.29 is 33.0 Å². The molecule has 1 aliphatic rings. The van der Waals surface area contributed by atoms with Gasteiger partial charge in [-0.1, -0.05) is 18.2 Å². The van der Waals surface area contributed by atoms with Gasteiger partial charge in [0.1, 0.15) is 17.2 Å². The van der Waals surface area contributed by atoms with E-state index in [9.17, 15) is 9.59 Å². The van der Waals surface area contributed by atoms with Crippen molar-refractivity contribution in [3.05, 3.63) is 66.4 Å². The number of fused-ring (bicyclic) bond motifs is 1. The Morgan fingerprint density at radius 3 is 2.50 bits per heavy atom. The molecule has 10 heteroatoms. The Labute approximate surface area is 231 Å². The Morgan fingerprint density at radius 1 is 0.975 bits per heavy atom. The van der Waals surface area contributed by atoms with Crippen LogP contribution in [0.3, 0.4) is 0 Å². The molecule has 1 fully saturated rings. The maximum atomic E-state index is 13.1. The molecule has 0 unspecified atom stereocenters. The van der Waals surface area contributed by atoms with E-state index < -0.39 is 18.5 Å². The first kappa shape index (κ1) is 27.0. The molecule has 0 aliphatic carbocycles. The van der Waals surface area contributed by atoms with E-state index in [1.54, 1.807) is 36.4 Å². The van der Waals surface area contributed by atoms with Crippen molar-refractivity contribution in [2.24, 2.45) is 0 Å². The first-order valence-electron chi connectivity index (χ1n) is 13.2. The quantitative estimate of drug-likeness (QED) is 0.277. The minimum absolute atomic E-state index is 0.285. The van der Waals surface area contributed by atoms with E-state index >= 15 is 0 Å². The summed E-state index contributed by atoms with van der Waals surface area (Å²) in [5.74, 6) is 0.473. The Balaban J connectivity index is 1.34. The fourth-order valence-electron chi connectivity index (χ4n) is 4.53. The van der Waals surface area contributed by atoms with E-state index in [-0.39, 0.29) is 5.56 Å². The number of carbonyl (C=O) groups excluding carboxylic acids is 2. The van der Waals surface area contributed by atoms with Gasteiger partial charge in [0.2, 0.25) is 0 Å². The van der Waals surface area contributed by atoms with Crippen LogP contribution in [0, 0.1) is 0 Å². The summed E-state index contributed by atoms with van der Waals surface area (Å²) in [7, 11) is 0. The molecule has 10 nitrogen and oxygen atoms in total. The van der Waals surface area contributed by atoms with Crippen molar-refractivity contribution in [3.63, 3.8) is 0 Å². The summed E-state index contributed by atoms with van der Waals surface area (Å²) < 4.78 is 28.1. The molecule has 40 heavy (non-hydrogen) atoms. The molecule has 0 atom stereocenters. The second-order valence-electron chi connectivity index (χ2n) is 8.96. The van der Waals surface area contributed by atoms with Crippen LogP contribution >= 0.6 is 0 Å². The number of esters is 1. The van der Waals surface area contributed by atoms with Gasteiger partial charge in [-0.3, -0.25) is 4.79 Å². The largest absolute Gasteiger partial charge is 0.492 e.